The summed E-state index contributed by atoms with van der Waals surface area (Å²) in [6.45, 7) is 4.30. The van der Waals surface area contributed by atoms with Crippen molar-refractivity contribution in [3.05, 3.63) is 16.1 Å². The molecule has 0 spiro atoms. The second-order valence-electron chi connectivity index (χ2n) is 4.98. The number of carboxylic acid groups (broad SMARTS) is 1. The number of carbonyl (C=O) groups is 1. The highest BCUT2D eigenvalue weighted by molar-refractivity contribution is 7.10. The molecule has 1 aromatic heterocycles. The maximum atomic E-state index is 11.3. The van der Waals surface area contributed by atoms with Crippen molar-refractivity contribution >= 4 is 17.3 Å². The van der Waals surface area contributed by atoms with Gasteiger partial charge in [-0.25, -0.2) is 4.98 Å². The Morgan fingerprint density at radius 3 is 2.75 bits per heavy atom. The van der Waals surface area contributed by atoms with Gasteiger partial charge < -0.3 is 5.11 Å². The number of rotatable bonds is 4. The van der Waals surface area contributed by atoms with Crippen LogP contribution in [0.25, 0.3) is 0 Å². The lowest BCUT2D eigenvalue weighted by Gasteiger charge is -2.35. The van der Waals surface area contributed by atoms with Gasteiger partial charge >= 0.3 is 5.97 Å². The van der Waals surface area contributed by atoms with Crippen LogP contribution in [0.2, 0.25) is 0 Å². The maximum absolute atomic E-state index is 11.3. The number of aromatic nitrogens is 1. The minimum Gasteiger partial charge on any atom is -0.481 e. The van der Waals surface area contributed by atoms with Crippen LogP contribution in [0.5, 0.6) is 0 Å². The number of nitrogens with zero attached hydrogens (tertiary/aromatic N) is 1. The Kier molecular flexibility index (Phi) is 3.02. The summed E-state index contributed by atoms with van der Waals surface area (Å²) in [6.07, 6.45) is 3.44. The molecule has 0 bridgehead atoms. The van der Waals surface area contributed by atoms with E-state index in [0.29, 0.717) is 5.92 Å². The number of aliphatic carboxylic acids is 1. The van der Waals surface area contributed by atoms with Crippen molar-refractivity contribution in [2.45, 2.75) is 44.9 Å². The summed E-state index contributed by atoms with van der Waals surface area (Å²) in [6, 6.07) is 0. The average Bonchev–Trinajstić information content (AvgIpc) is 2.49. The Bertz CT molecular complexity index is 393. The van der Waals surface area contributed by atoms with E-state index in [4.69, 9.17) is 0 Å². The van der Waals surface area contributed by atoms with Gasteiger partial charge in [-0.2, -0.15) is 0 Å². The standard InChI is InChI=1S/C12H17NO2S/c1-8(2)6-9-7-16-10(13-9)12(11(14)15)4-3-5-12/h7-8H,3-6H2,1-2H3,(H,14,15). The van der Waals surface area contributed by atoms with Gasteiger partial charge in [-0.05, 0) is 25.2 Å². The maximum Gasteiger partial charge on any atom is 0.316 e. The van der Waals surface area contributed by atoms with E-state index in [1.807, 2.05) is 5.38 Å². The van der Waals surface area contributed by atoms with Crippen LogP contribution in [-0.4, -0.2) is 16.1 Å². The highest BCUT2D eigenvalue weighted by Gasteiger charge is 2.48. The third kappa shape index (κ3) is 1.86. The molecule has 1 fully saturated rings. The van der Waals surface area contributed by atoms with Crippen molar-refractivity contribution in [3.8, 4) is 0 Å². The van der Waals surface area contributed by atoms with E-state index >= 15 is 0 Å². The van der Waals surface area contributed by atoms with Crippen LogP contribution in [0, 0.1) is 5.92 Å². The molecule has 0 amide bonds. The summed E-state index contributed by atoms with van der Waals surface area (Å²) in [5.74, 6) is -0.138. The molecule has 0 unspecified atom stereocenters. The van der Waals surface area contributed by atoms with Crippen LogP contribution < -0.4 is 0 Å². The molecule has 16 heavy (non-hydrogen) atoms. The Labute approximate surface area is 99.5 Å². The summed E-state index contributed by atoms with van der Waals surface area (Å²) < 4.78 is 0. The molecule has 1 aliphatic rings. The zero-order valence-electron chi connectivity index (χ0n) is 9.69. The van der Waals surface area contributed by atoms with E-state index in [-0.39, 0.29) is 0 Å². The van der Waals surface area contributed by atoms with Crippen LogP contribution in [0.15, 0.2) is 5.38 Å². The highest BCUT2D eigenvalue weighted by Crippen LogP contribution is 2.45. The Balaban J connectivity index is 2.20. The summed E-state index contributed by atoms with van der Waals surface area (Å²) >= 11 is 1.51. The molecule has 1 N–H and O–H groups in total. The second kappa shape index (κ2) is 4.17. The molecule has 0 aliphatic heterocycles. The lowest BCUT2D eigenvalue weighted by Crippen LogP contribution is -2.42. The minimum atomic E-state index is -0.704. The van der Waals surface area contributed by atoms with E-state index in [0.717, 1.165) is 36.4 Å². The first-order valence-corrected chi connectivity index (χ1v) is 6.61. The molecule has 1 saturated carbocycles. The fourth-order valence-corrected chi connectivity index (χ4v) is 3.17. The Morgan fingerprint density at radius 1 is 1.62 bits per heavy atom. The van der Waals surface area contributed by atoms with E-state index in [2.05, 4.69) is 18.8 Å². The van der Waals surface area contributed by atoms with Crippen molar-refractivity contribution in [3.63, 3.8) is 0 Å². The van der Waals surface area contributed by atoms with E-state index in [1.54, 1.807) is 0 Å². The topological polar surface area (TPSA) is 50.2 Å². The van der Waals surface area contributed by atoms with Crippen molar-refractivity contribution in [1.29, 1.82) is 0 Å². The van der Waals surface area contributed by atoms with Crippen LogP contribution in [0.3, 0.4) is 0 Å². The van der Waals surface area contributed by atoms with Crippen molar-refractivity contribution < 1.29 is 9.90 Å². The van der Waals surface area contributed by atoms with Gasteiger partial charge in [0.05, 0.1) is 5.69 Å². The fourth-order valence-electron chi connectivity index (χ4n) is 2.09. The average molecular weight is 239 g/mol. The van der Waals surface area contributed by atoms with Gasteiger partial charge in [0, 0.05) is 5.38 Å². The van der Waals surface area contributed by atoms with Crippen LogP contribution in [0.1, 0.15) is 43.8 Å². The first-order chi connectivity index (χ1) is 7.54. The van der Waals surface area contributed by atoms with E-state index in [9.17, 15) is 9.90 Å². The molecule has 88 valence electrons. The number of carboxylic acids is 1. The first-order valence-electron chi connectivity index (χ1n) is 5.73. The summed E-state index contributed by atoms with van der Waals surface area (Å²) in [5, 5.41) is 12.1. The van der Waals surface area contributed by atoms with Gasteiger partial charge in [0.25, 0.3) is 0 Å². The molecular weight excluding hydrogens is 222 g/mol. The largest absolute Gasteiger partial charge is 0.481 e. The van der Waals surface area contributed by atoms with E-state index < -0.39 is 11.4 Å². The molecule has 1 aromatic rings. The molecule has 1 aliphatic carbocycles. The Morgan fingerprint density at radius 2 is 2.31 bits per heavy atom. The van der Waals surface area contributed by atoms with Crippen LogP contribution in [-0.2, 0) is 16.6 Å². The summed E-state index contributed by atoms with van der Waals surface area (Å²) in [5.41, 5.74) is 0.391. The van der Waals surface area contributed by atoms with Crippen LogP contribution in [0.4, 0.5) is 0 Å². The zero-order valence-corrected chi connectivity index (χ0v) is 10.5. The number of thiazole rings is 1. The molecule has 0 radical (unpaired) electrons. The molecule has 0 saturated heterocycles. The van der Waals surface area contributed by atoms with Crippen molar-refractivity contribution in [1.82, 2.24) is 4.98 Å². The van der Waals surface area contributed by atoms with Gasteiger partial charge in [-0.15, -0.1) is 11.3 Å². The quantitative estimate of drug-likeness (QED) is 0.879. The van der Waals surface area contributed by atoms with Gasteiger partial charge in [0.1, 0.15) is 10.4 Å². The molecular formula is C12H17NO2S. The minimum absolute atomic E-state index is 0.567. The Hall–Kier alpha value is -0.900. The lowest BCUT2D eigenvalue weighted by atomic mass is 9.69. The van der Waals surface area contributed by atoms with Gasteiger partial charge in [-0.3, -0.25) is 4.79 Å². The lowest BCUT2D eigenvalue weighted by molar-refractivity contribution is -0.147. The summed E-state index contributed by atoms with van der Waals surface area (Å²) in [4.78, 5) is 15.8. The van der Waals surface area contributed by atoms with Crippen molar-refractivity contribution in [2.24, 2.45) is 5.92 Å². The van der Waals surface area contributed by atoms with Gasteiger partial charge in [0.15, 0.2) is 0 Å². The monoisotopic (exact) mass is 239 g/mol. The molecule has 2 rings (SSSR count). The normalized spacial score (nSPS) is 18.4. The first kappa shape index (κ1) is 11.6. The van der Waals surface area contributed by atoms with Gasteiger partial charge in [0.2, 0.25) is 0 Å². The van der Waals surface area contributed by atoms with Crippen molar-refractivity contribution in [2.75, 3.05) is 0 Å². The fraction of sp³-hybridized carbons (Fsp3) is 0.667. The predicted molar refractivity (Wildman–Crippen MR) is 63.8 cm³/mol. The number of hydrogen-bond donors (Lipinski definition) is 1. The number of hydrogen-bond acceptors (Lipinski definition) is 3. The third-order valence-corrected chi connectivity index (χ3v) is 4.29. The zero-order chi connectivity index (χ0) is 11.8. The van der Waals surface area contributed by atoms with Gasteiger partial charge in [-0.1, -0.05) is 20.3 Å². The molecule has 1 heterocycles. The molecule has 4 heteroatoms. The summed E-state index contributed by atoms with van der Waals surface area (Å²) in [7, 11) is 0. The second-order valence-corrected chi connectivity index (χ2v) is 5.84. The van der Waals surface area contributed by atoms with E-state index in [1.165, 1.54) is 11.3 Å². The van der Waals surface area contributed by atoms with Crippen LogP contribution >= 0.6 is 11.3 Å². The third-order valence-electron chi connectivity index (χ3n) is 3.20. The predicted octanol–water partition coefficient (Wildman–Crippen LogP) is 2.85. The molecule has 3 nitrogen and oxygen atoms in total. The SMILES string of the molecule is CC(C)Cc1csc(C2(C(=O)O)CCC2)n1. The molecule has 0 atom stereocenters. The highest BCUT2D eigenvalue weighted by atomic mass is 32.1. The molecule has 0 aromatic carbocycles. The smallest absolute Gasteiger partial charge is 0.316 e.